The molecule has 1 aromatic heterocycles. The number of para-hydroxylation sites is 3. The summed E-state index contributed by atoms with van der Waals surface area (Å²) in [7, 11) is -3.33. The van der Waals surface area contributed by atoms with Crippen LogP contribution in [-0.2, 0) is 4.57 Å². The Labute approximate surface area is 138 Å². The van der Waals surface area contributed by atoms with E-state index >= 15 is 0 Å². The van der Waals surface area contributed by atoms with Crippen LogP contribution in [0.15, 0.2) is 78.9 Å². The first-order valence-electron chi connectivity index (χ1n) is 7.70. The molecular weight excluding hydrogens is 319 g/mol. The van der Waals surface area contributed by atoms with Gasteiger partial charge in [-0.3, -0.25) is 0 Å². The van der Waals surface area contributed by atoms with Crippen LogP contribution >= 0.6 is 7.52 Å². The highest BCUT2D eigenvalue weighted by molar-refractivity contribution is 7.66. The fourth-order valence-electron chi connectivity index (χ4n) is 3.14. The number of fused-ring (bicyclic) bond motifs is 5. The van der Waals surface area contributed by atoms with Gasteiger partial charge in [0, 0.05) is 0 Å². The van der Waals surface area contributed by atoms with Gasteiger partial charge in [0.15, 0.2) is 5.82 Å². The van der Waals surface area contributed by atoms with Crippen molar-refractivity contribution in [1.82, 2.24) is 9.32 Å². The van der Waals surface area contributed by atoms with Gasteiger partial charge in [0.25, 0.3) is 0 Å². The van der Waals surface area contributed by atoms with Gasteiger partial charge in [-0.15, -0.1) is 0 Å². The van der Waals surface area contributed by atoms with E-state index in [9.17, 15) is 4.57 Å². The summed E-state index contributed by atoms with van der Waals surface area (Å²) in [5, 5.41) is 0.656. The van der Waals surface area contributed by atoms with Gasteiger partial charge in [0.05, 0.1) is 21.9 Å². The Hall–Kier alpha value is -2.84. The molecule has 0 amide bonds. The van der Waals surface area contributed by atoms with Gasteiger partial charge < -0.3 is 4.52 Å². The summed E-state index contributed by atoms with van der Waals surface area (Å²) in [4.78, 5) is 4.73. The molecule has 5 rings (SSSR count). The maximum atomic E-state index is 14.0. The van der Waals surface area contributed by atoms with Gasteiger partial charge in [-0.05, 0) is 36.4 Å². The van der Waals surface area contributed by atoms with E-state index in [1.807, 2.05) is 78.9 Å². The van der Waals surface area contributed by atoms with Crippen LogP contribution in [0.2, 0.25) is 0 Å². The van der Waals surface area contributed by atoms with Gasteiger partial charge in [0.2, 0.25) is 0 Å². The average Bonchev–Trinajstić information content (AvgIpc) is 3.03. The van der Waals surface area contributed by atoms with Crippen molar-refractivity contribution in [3.05, 3.63) is 78.9 Å². The lowest BCUT2D eigenvalue weighted by molar-refractivity contribution is 0.480. The molecule has 0 fully saturated rings. The van der Waals surface area contributed by atoms with Crippen molar-refractivity contribution in [3.63, 3.8) is 0 Å². The zero-order valence-electron chi connectivity index (χ0n) is 12.7. The molecule has 0 N–H and O–H groups in total. The highest BCUT2D eigenvalue weighted by Gasteiger charge is 2.39. The minimum atomic E-state index is -3.33. The Morgan fingerprint density at radius 1 is 0.833 bits per heavy atom. The van der Waals surface area contributed by atoms with Crippen molar-refractivity contribution < 1.29 is 9.09 Å². The molecule has 5 heteroatoms. The topological polar surface area (TPSA) is 44.1 Å². The number of benzene rings is 3. The van der Waals surface area contributed by atoms with E-state index in [4.69, 9.17) is 9.51 Å². The zero-order valence-corrected chi connectivity index (χ0v) is 13.6. The molecule has 4 aromatic rings. The number of hydrogen-bond acceptors (Lipinski definition) is 3. The third kappa shape index (κ3) is 1.75. The lowest BCUT2D eigenvalue weighted by Crippen LogP contribution is -2.20. The van der Waals surface area contributed by atoms with E-state index in [0.29, 0.717) is 16.9 Å². The molecule has 0 spiro atoms. The molecular formula is C19H13N2O2P. The monoisotopic (exact) mass is 332 g/mol. The molecule has 0 saturated heterocycles. The zero-order chi connectivity index (χ0) is 16.1. The maximum Gasteiger partial charge on any atom is 0.379 e. The van der Waals surface area contributed by atoms with E-state index in [1.165, 1.54) is 0 Å². The van der Waals surface area contributed by atoms with Gasteiger partial charge >= 0.3 is 7.52 Å². The van der Waals surface area contributed by atoms with Crippen LogP contribution < -0.4 is 9.83 Å². The highest BCUT2D eigenvalue weighted by Crippen LogP contribution is 2.57. The molecule has 0 bridgehead atoms. The van der Waals surface area contributed by atoms with Crippen LogP contribution in [0.4, 0.5) is 0 Å². The summed E-state index contributed by atoms with van der Waals surface area (Å²) in [6, 6.07) is 24.6. The maximum absolute atomic E-state index is 14.0. The van der Waals surface area contributed by atoms with E-state index in [1.54, 1.807) is 4.34 Å². The number of aromatic nitrogens is 2. The van der Waals surface area contributed by atoms with Gasteiger partial charge in [-0.1, -0.05) is 42.5 Å². The first-order valence-corrected chi connectivity index (χ1v) is 9.28. The second-order valence-corrected chi connectivity index (χ2v) is 7.82. The molecule has 0 aliphatic carbocycles. The molecule has 1 aliphatic rings. The third-order valence-corrected chi connectivity index (χ3v) is 6.56. The quantitative estimate of drug-likeness (QED) is 0.483. The molecule has 1 aliphatic heterocycles. The van der Waals surface area contributed by atoms with E-state index in [-0.39, 0.29) is 0 Å². The first-order chi connectivity index (χ1) is 11.8. The largest absolute Gasteiger partial charge is 0.425 e. The minimum Gasteiger partial charge on any atom is -0.425 e. The number of rotatable bonds is 1. The summed E-state index contributed by atoms with van der Waals surface area (Å²) in [5.74, 6) is 1.29. The average molecular weight is 332 g/mol. The summed E-state index contributed by atoms with van der Waals surface area (Å²) in [5.41, 5.74) is 2.48. The van der Waals surface area contributed by atoms with E-state index in [0.717, 1.165) is 16.6 Å². The van der Waals surface area contributed by atoms with E-state index in [2.05, 4.69) is 0 Å². The number of nitrogens with zero attached hydrogens (tertiary/aromatic N) is 2. The minimum absolute atomic E-state index is 0.604. The number of hydrogen-bond donors (Lipinski definition) is 0. The van der Waals surface area contributed by atoms with Crippen molar-refractivity contribution in [2.24, 2.45) is 0 Å². The van der Waals surface area contributed by atoms with Crippen molar-refractivity contribution in [2.75, 3.05) is 0 Å². The Kier molecular flexibility index (Phi) is 2.73. The summed E-state index contributed by atoms with van der Waals surface area (Å²) >= 11 is 0. The van der Waals surface area contributed by atoms with E-state index < -0.39 is 7.52 Å². The lowest BCUT2D eigenvalue weighted by atomic mass is 10.2. The molecule has 0 saturated carbocycles. The third-order valence-electron chi connectivity index (χ3n) is 4.23. The van der Waals surface area contributed by atoms with Crippen molar-refractivity contribution in [3.8, 4) is 17.1 Å². The van der Waals surface area contributed by atoms with Crippen molar-refractivity contribution in [2.45, 2.75) is 0 Å². The van der Waals surface area contributed by atoms with Crippen LogP contribution in [0.1, 0.15) is 0 Å². The summed E-state index contributed by atoms with van der Waals surface area (Å²) < 4.78 is 21.8. The molecule has 1 atom stereocenters. The molecule has 4 nitrogen and oxygen atoms in total. The summed E-state index contributed by atoms with van der Waals surface area (Å²) in [6.07, 6.45) is 0. The Balaban J connectivity index is 1.93. The van der Waals surface area contributed by atoms with Crippen molar-refractivity contribution >= 4 is 23.9 Å². The van der Waals surface area contributed by atoms with Crippen LogP contribution in [0.3, 0.4) is 0 Å². The number of imidazole rings is 1. The first kappa shape index (κ1) is 13.6. The van der Waals surface area contributed by atoms with Gasteiger partial charge in [-0.2, -0.15) is 0 Å². The molecule has 2 heterocycles. The van der Waals surface area contributed by atoms with Gasteiger partial charge in [-0.25, -0.2) is 13.9 Å². The van der Waals surface area contributed by atoms with Crippen LogP contribution in [0.5, 0.6) is 5.75 Å². The van der Waals surface area contributed by atoms with Crippen LogP contribution in [-0.4, -0.2) is 9.32 Å². The Bertz CT molecular complexity index is 1120. The predicted octanol–water partition coefficient (Wildman–Crippen LogP) is 4.46. The second-order valence-electron chi connectivity index (χ2n) is 5.68. The second kappa shape index (κ2) is 4.83. The molecule has 0 radical (unpaired) electrons. The standard InChI is InChI=1S/C19H13N2O2P/c22-24(14-8-2-1-3-9-14)21-17-12-6-5-11-16(17)20-19(21)15-10-4-7-13-18(15)23-24/h1-13H. The molecule has 1 unspecified atom stereocenters. The normalized spacial score (nSPS) is 18.7. The molecule has 24 heavy (non-hydrogen) atoms. The van der Waals surface area contributed by atoms with Crippen molar-refractivity contribution in [1.29, 1.82) is 0 Å². The van der Waals surface area contributed by atoms with Gasteiger partial charge in [0.1, 0.15) is 5.75 Å². The fourth-order valence-corrected chi connectivity index (χ4v) is 5.39. The highest BCUT2D eigenvalue weighted by atomic mass is 31.2. The SMILES string of the molecule is O=P1(c2ccccc2)Oc2ccccc2-c2nc3ccccc3n21. The fraction of sp³-hybridized carbons (Fsp3) is 0. The van der Waals surface area contributed by atoms with Crippen LogP contribution in [0, 0.1) is 0 Å². The van der Waals surface area contributed by atoms with Crippen LogP contribution in [0.25, 0.3) is 22.4 Å². The Morgan fingerprint density at radius 3 is 2.42 bits per heavy atom. The predicted molar refractivity (Wildman–Crippen MR) is 94.9 cm³/mol. The Morgan fingerprint density at radius 2 is 1.54 bits per heavy atom. The molecule has 116 valence electrons. The molecule has 3 aromatic carbocycles. The summed E-state index contributed by atoms with van der Waals surface area (Å²) in [6.45, 7) is 0. The smallest absolute Gasteiger partial charge is 0.379 e. The lowest BCUT2D eigenvalue weighted by Gasteiger charge is -2.28.